The molecule has 0 radical (unpaired) electrons. The van der Waals surface area contributed by atoms with Crippen molar-refractivity contribution in [2.75, 3.05) is 31.9 Å². The molecule has 0 spiro atoms. The summed E-state index contributed by atoms with van der Waals surface area (Å²) in [5, 5.41) is 0.900. The fraction of sp³-hybridized carbons (Fsp3) is 0.591. The van der Waals surface area contributed by atoms with Gasteiger partial charge in [0, 0.05) is 38.6 Å². The number of para-hydroxylation sites is 2. The van der Waals surface area contributed by atoms with E-state index in [0.29, 0.717) is 24.7 Å². The van der Waals surface area contributed by atoms with Gasteiger partial charge in [0.15, 0.2) is 5.16 Å². The van der Waals surface area contributed by atoms with Gasteiger partial charge in [-0.3, -0.25) is 9.59 Å². The summed E-state index contributed by atoms with van der Waals surface area (Å²) in [5.41, 5.74) is 2.09. The van der Waals surface area contributed by atoms with Crippen LogP contribution in [0.3, 0.4) is 0 Å². The molecule has 2 aliphatic rings. The maximum absolute atomic E-state index is 12.7. The first-order chi connectivity index (χ1) is 14.2. The number of aromatic nitrogens is 2. The molecule has 0 aliphatic carbocycles. The van der Waals surface area contributed by atoms with Gasteiger partial charge in [0.2, 0.25) is 11.8 Å². The second-order valence-electron chi connectivity index (χ2n) is 7.96. The van der Waals surface area contributed by atoms with Crippen LogP contribution in [0.1, 0.15) is 39.0 Å². The molecule has 6 nitrogen and oxygen atoms in total. The first-order valence-corrected chi connectivity index (χ1v) is 11.8. The molecule has 1 aromatic carbocycles. The Labute approximate surface area is 176 Å². The van der Waals surface area contributed by atoms with Gasteiger partial charge in [0.1, 0.15) is 0 Å². The molecule has 2 aliphatic heterocycles. The molecule has 0 N–H and O–H groups in total. The number of benzene rings is 1. The van der Waals surface area contributed by atoms with Gasteiger partial charge in [-0.2, -0.15) is 0 Å². The maximum Gasteiger partial charge on any atom is 0.233 e. The van der Waals surface area contributed by atoms with Crippen molar-refractivity contribution >= 4 is 34.6 Å². The van der Waals surface area contributed by atoms with E-state index in [-0.39, 0.29) is 11.8 Å². The summed E-state index contributed by atoms with van der Waals surface area (Å²) in [6.07, 6.45) is 5.07. The van der Waals surface area contributed by atoms with E-state index in [2.05, 4.69) is 17.6 Å². The number of rotatable bonds is 5. The topological polar surface area (TPSA) is 58.4 Å². The number of hydrogen-bond donors (Lipinski definition) is 0. The van der Waals surface area contributed by atoms with Crippen LogP contribution in [0.15, 0.2) is 29.4 Å². The zero-order valence-corrected chi connectivity index (χ0v) is 18.0. The fourth-order valence-electron chi connectivity index (χ4n) is 4.44. The van der Waals surface area contributed by atoms with Crippen LogP contribution in [0.2, 0.25) is 0 Å². The van der Waals surface area contributed by atoms with Crippen molar-refractivity contribution in [2.24, 2.45) is 5.92 Å². The van der Waals surface area contributed by atoms with E-state index in [0.717, 1.165) is 61.5 Å². The maximum atomic E-state index is 12.7. The summed E-state index contributed by atoms with van der Waals surface area (Å²) in [7, 11) is 0. The number of aryl methyl sites for hydroxylation is 1. The van der Waals surface area contributed by atoms with Gasteiger partial charge >= 0.3 is 0 Å². The molecule has 0 atom stereocenters. The van der Waals surface area contributed by atoms with Crippen LogP contribution in [0.25, 0.3) is 11.0 Å². The molecule has 2 amide bonds. The highest BCUT2D eigenvalue weighted by molar-refractivity contribution is 7.99. The molecule has 7 heteroatoms. The lowest BCUT2D eigenvalue weighted by atomic mass is 9.94. The van der Waals surface area contributed by atoms with Crippen LogP contribution in [0.4, 0.5) is 0 Å². The second-order valence-corrected chi connectivity index (χ2v) is 8.90. The number of carbonyl (C=O) groups is 2. The number of imidazole rings is 1. The van der Waals surface area contributed by atoms with Crippen molar-refractivity contribution in [1.82, 2.24) is 19.4 Å². The molecule has 4 rings (SSSR count). The standard InChI is InChI=1S/C22H30N4O2S/c1-2-26-19-9-5-4-8-18(19)23-22(26)29-16-20(27)24-14-10-17(11-15-24)21(28)25-12-6-3-7-13-25/h4-5,8-9,17H,2-3,6-7,10-16H2,1H3. The fourth-order valence-corrected chi connectivity index (χ4v) is 5.42. The Hall–Kier alpha value is -2.02. The van der Waals surface area contributed by atoms with Gasteiger partial charge in [-0.15, -0.1) is 0 Å². The summed E-state index contributed by atoms with van der Waals surface area (Å²) in [5.74, 6) is 0.944. The van der Waals surface area contributed by atoms with E-state index in [1.807, 2.05) is 28.0 Å². The van der Waals surface area contributed by atoms with Crippen LogP contribution >= 0.6 is 11.8 Å². The van der Waals surface area contributed by atoms with Crippen molar-refractivity contribution in [3.05, 3.63) is 24.3 Å². The molecule has 29 heavy (non-hydrogen) atoms. The number of likely N-dealkylation sites (tertiary alicyclic amines) is 2. The Balaban J connectivity index is 1.30. The number of thioether (sulfide) groups is 1. The Kier molecular flexibility index (Phi) is 6.43. The zero-order chi connectivity index (χ0) is 20.2. The highest BCUT2D eigenvalue weighted by Gasteiger charge is 2.30. The Morgan fingerprint density at radius 3 is 2.48 bits per heavy atom. The van der Waals surface area contributed by atoms with Gasteiger partial charge in [-0.25, -0.2) is 4.98 Å². The van der Waals surface area contributed by atoms with Crippen molar-refractivity contribution in [3.63, 3.8) is 0 Å². The highest BCUT2D eigenvalue weighted by atomic mass is 32.2. The minimum Gasteiger partial charge on any atom is -0.342 e. The van der Waals surface area contributed by atoms with Crippen molar-refractivity contribution in [3.8, 4) is 0 Å². The van der Waals surface area contributed by atoms with Crippen molar-refractivity contribution < 1.29 is 9.59 Å². The first-order valence-electron chi connectivity index (χ1n) is 10.8. The number of carbonyl (C=O) groups excluding carboxylic acids is 2. The Morgan fingerprint density at radius 2 is 1.76 bits per heavy atom. The zero-order valence-electron chi connectivity index (χ0n) is 17.2. The number of piperidine rings is 2. The van der Waals surface area contributed by atoms with E-state index < -0.39 is 0 Å². The lowest BCUT2D eigenvalue weighted by Gasteiger charge is -2.35. The smallest absolute Gasteiger partial charge is 0.233 e. The summed E-state index contributed by atoms with van der Waals surface area (Å²) in [6, 6.07) is 8.09. The highest BCUT2D eigenvalue weighted by Crippen LogP contribution is 2.26. The van der Waals surface area contributed by atoms with Crippen LogP contribution < -0.4 is 0 Å². The minimum absolute atomic E-state index is 0.0918. The van der Waals surface area contributed by atoms with Gasteiger partial charge in [0.25, 0.3) is 0 Å². The number of amides is 2. The molecule has 0 saturated carbocycles. The third kappa shape index (κ3) is 4.44. The molecule has 0 bridgehead atoms. The normalized spacial score (nSPS) is 18.4. The van der Waals surface area contributed by atoms with E-state index in [4.69, 9.17) is 4.98 Å². The van der Waals surface area contributed by atoms with Crippen LogP contribution in [-0.4, -0.2) is 63.1 Å². The quantitative estimate of drug-likeness (QED) is 0.704. The van der Waals surface area contributed by atoms with Gasteiger partial charge in [0.05, 0.1) is 16.8 Å². The molecule has 156 valence electrons. The molecule has 0 unspecified atom stereocenters. The average molecular weight is 415 g/mol. The van der Waals surface area contributed by atoms with E-state index in [1.165, 1.54) is 18.2 Å². The Bertz CT molecular complexity index is 867. The predicted molar refractivity (Wildman–Crippen MR) is 116 cm³/mol. The summed E-state index contributed by atoms with van der Waals surface area (Å²) in [6.45, 7) is 6.13. The predicted octanol–water partition coefficient (Wildman–Crippen LogP) is 3.40. The Morgan fingerprint density at radius 1 is 1.03 bits per heavy atom. The number of fused-ring (bicyclic) bond motifs is 1. The van der Waals surface area contributed by atoms with Gasteiger partial charge in [-0.1, -0.05) is 23.9 Å². The van der Waals surface area contributed by atoms with E-state index in [9.17, 15) is 9.59 Å². The minimum atomic E-state index is 0.0918. The molecule has 1 aromatic heterocycles. The summed E-state index contributed by atoms with van der Waals surface area (Å²) < 4.78 is 2.16. The molecular formula is C22H30N4O2S. The lowest BCUT2D eigenvalue weighted by Crippen LogP contribution is -2.46. The lowest BCUT2D eigenvalue weighted by molar-refractivity contribution is -0.140. The molecular weight excluding hydrogens is 384 g/mol. The molecule has 2 saturated heterocycles. The van der Waals surface area contributed by atoms with Crippen molar-refractivity contribution in [1.29, 1.82) is 0 Å². The van der Waals surface area contributed by atoms with Crippen LogP contribution in [0, 0.1) is 5.92 Å². The third-order valence-electron chi connectivity index (χ3n) is 6.13. The number of hydrogen-bond acceptors (Lipinski definition) is 4. The SMILES string of the molecule is CCn1c(SCC(=O)N2CCC(C(=O)N3CCCCC3)CC2)nc2ccccc21. The van der Waals surface area contributed by atoms with Crippen LogP contribution in [-0.2, 0) is 16.1 Å². The van der Waals surface area contributed by atoms with Crippen LogP contribution in [0.5, 0.6) is 0 Å². The van der Waals surface area contributed by atoms with Gasteiger partial charge in [-0.05, 0) is 51.2 Å². The largest absolute Gasteiger partial charge is 0.342 e. The van der Waals surface area contributed by atoms with Crippen molar-refractivity contribution in [2.45, 2.75) is 50.7 Å². The number of nitrogens with zero attached hydrogens (tertiary/aromatic N) is 4. The van der Waals surface area contributed by atoms with Gasteiger partial charge < -0.3 is 14.4 Å². The van der Waals surface area contributed by atoms with E-state index in [1.54, 1.807) is 0 Å². The van der Waals surface area contributed by atoms with E-state index >= 15 is 0 Å². The molecule has 2 aromatic rings. The summed E-state index contributed by atoms with van der Waals surface area (Å²) in [4.78, 5) is 34.1. The second kappa shape index (κ2) is 9.20. The first kappa shape index (κ1) is 20.3. The monoisotopic (exact) mass is 414 g/mol. The average Bonchev–Trinajstić information content (AvgIpc) is 3.15. The third-order valence-corrected chi connectivity index (χ3v) is 7.09. The summed E-state index contributed by atoms with van der Waals surface area (Å²) >= 11 is 1.51. The molecule has 2 fully saturated rings. The molecule has 3 heterocycles.